The number of nitrogens with zero attached hydrogens (tertiary/aromatic N) is 1. The second-order valence-corrected chi connectivity index (χ2v) is 7.40. The summed E-state index contributed by atoms with van der Waals surface area (Å²) < 4.78 is 12.3. The number of primary amides is 1. The van der Waals surface area contributed by atoms with E-state index in [9.17, 15) is 9.59 Å². The van der Waals surface area contributed by atoms with E-state index < -0.39 is 5.91 Å². The standard InChI is InChI=1S/C25H23N3O4/c1-14-22(15-4-8-18(31-2)9-5-15)20-11-7-17(25(27)30)13-28(20)23(14)24(29)16-6-10-19(26)21(12-16)32-3/h4-13H,26H2,1-3H3,(H2,27,30). The van der Waals surface area contributed by atoms with Gasteiger partial charge >= 0.3 is 0 Å². The number of ether oxygens (including phenoxy) is 2. The number of benzene rings is 2. The molecule has 32 heavy (non-hydrogen) atoms. The summed E-state index contributed by atoms with van der Waals surface area (Å²) in [5.41, 5.74) is 16.4. The van der Waals surface area contributed by atoms with Gasteiger partial charge in [0.25, 0.3) is 0 Å². The minimum absolute atomic E-state index is 0.225. The SMILES string of the molecule is COc1ccc(-c2c(C)c(C(=O)c3ccc(N)c(OC)c3)n3cc(C(N)=O)ccc23)cc1. The molecule has 0 aliphatic rings. The van der Waals surface area contributed by atoms with Crippen LogP contribution in [-0.2, 0) is 0 Å². The van der Waals surface area contributed by atoms with Gasteiger partial charge in [0.05, 0.1) is 36.7 Å². The lowest BCUT2D eigenvalue weighted by atomic mass is 9.99. The lowest BCUT2D eigenvalue weighted by Gasteiger charge is -2.08. The normalized spacial score (nSPS) is 10.8. The maximum absolute atomic E-state index is 13.6. The summed E-state index contributed by atoms with van der Waals surface area (Å²) in [6.45, 7) is 1.89. The number of hydrogen-bond acceptors (Lipinski definition) is 5. The van der Waals surface area contributed by atoms with E-state index in [0.717, 1.165) is 28.0 Å². The van der Waals surface area contributed by atoms with Crippen molar-refractivity contribution in [2.24, 2.45) is 5.73 Å². The van der Waals surface area contributed by atoms with Crippen LogP contribution in [0.3, 0.4) is 0 Å². The van der Waals surface area contributed by atoms with Gasteiger partial charge in [0.2, 0.25) is 11.7 Å². The largest absolute Gasteiger partial charge is 0.497 e. The lowest BCUT2D eigenvalue weighted by Crippen LogP contribution is -2.13. The molecule has 7 heteroatoms. The van der Waals surface area contributed by atoms with Crippen LogP contribution in [-0.4, -0.2) is 30.3 Å². The van der Waals surface area contributed by atoms with Crippen molar-refractivity contribution in [1.29, 1.82) is 0 Å². The fourth-order valence-electron chi connectivity index (χ4n) is 3.92. The minimum atomic E-state index is -0.572. The minimum Gasteiger partial charge on any atom is -0.497 e. The number of aromatic nitrogens is 1. The number of ketones is 1. The van der Waals surface area contributed by atoms with Crippen LogP contribution in [0.15, 0.2) is 60.8 Å². The molecule has 4 rings (SSSR count). The molecule has 0 saturated heterocycles. The summed E-state index contributed by atoms with van der Waals surface area (Å²) in [6, 6.07) is 16.0. The number of rotatable bonds is 6. The summed E-state index contributed by atoms with van der Waals surface area (Å²) in [4.78, 5) is 25.5. The Morgan fingerprint density at radius 3 is 2.22 bits per heavy atom. The molecule has 0 atom stereocenters. The molecule has 1 amide bonds. The van der Waals surface area contributed by atoms with E-state index in [2.05, 4.69) is 0 Å². The molecule has 0 bridgehead atoms. The van der Waals surface area contributed by atoms with Gasteiger partial charge in [-0.1, -0.05) is 12.1 Å². The molecular weight excluding hydrogens is 406 g/mol. The average Bonchev–Trinajstić information content (AvgIpc) is 3.09. The van der Waals surface area contributed by atoms with Crippen molar-refractivity contribution in [3.8, 4) is 22.6 Å². The molecule has 0 radical (unpaired) electrons. The van der Waals surface area contributed by atoms with Crippen molar-refractivity contribution in [1.82, 2.24) is 4.40 Å². The van der Waals surface area contributed by atoms with Gasteiger partial charge in [-0.25, -0.2) is 0 Å². The van der Waals surface area contributed by atoms with Gasteiger partial charge in [-0.3, -0.25) is 9.59 Å². The molecule has 2 heterocycles. The van der Waals surface area contributed by atoms with Crippen LogP contribution in [0.5, 0.6) is 11.5 Å². The second kappa shape index (κ2) is 8.11. The zero-order valence-corrected chi connectivity index (χ0v) is 18.0. The van der Waals surface area contributed by atoms with Crippen molar-refractivity contribution in [3.63, 3.8) is 0 Å². The molecule has 4 N–H and O–H groups in total. The quantitative estimate of drug-likeness (QED) is 0.357. The zero-order chi connectivity index (χ0) is 23.0. The van der Waals surface area contributed by atoms with E-state index in [1.807, 2.05) is 31.2 Å². The number of carbonyl (C=O) groups excluding carboxylic acids is 2. The van der Waals surface area contributed by atoms with Crippen LogP contribution >= 0.6 is 0 Å². The maximum Gasteiger partial charge on any atom is 0.250 e. The number of amides is 1. The van der Waals surface area contributed by atoms with Gasteiger partial charge < -0.3 is 25.3 Å². The van der Waals surface area contributed by atoms with Gasteiger partial charge in [-0.05, 0) is 60.5 Å². The molecule has 4 aromatic rings. The highest BCUT2D eigenvalue weighted by atomic mass is 16.5. The van der Waals surface area contributed by atoms with E-state index >= 15 is 0 Å². The first-order valence-corrected chi connectivity index (χ1v) is 9.92. The molecule has 2 aromatic heterocycles. The average molecular weight is 429 g/mol. The topological polar surface area (TPSA) is 109 Å². The van der Waals surface area contributed by atoms with Crippen LogP contribution in [0.25, 0.3) is 16.6 Å². The number of hydrogen-bond donors (Lipinski definition) is 2. The molecule has 0 saturated carbocycles. The highest BCUT2D eigenvalue weighted by molar-refractivity contribution is 6.12. The molecule has 0 unspecified atom stereocenters. The van der Waals surface area contributed by atoms with Gasteiger partial charge in [0.15, 0.2) is 0 Å². The Morgan fingerprint density at radius 1 is 0.906 bits per heavy atom. The summed E-state index contributed by atoms with van der Waals surface area (Å²) >= 11 is 0. The first-order chi connectivity index (χ1) is 15.3. The summed E-state index contributed by atoms with van der Waals surface area (Å²) in [5.74, 6) is 0.354. The van der Waals surface area contributed by atoms with Gasteiger partial charge in [0, 0.05) is 17.3 Å². The predicted octanol–water partition coefficient (Wildman–Crippen LogP) is 3.84. The van der Waals surface area contributed by atoms with E-state index in [4.69, 9.17) is 20.9 Å². The smallest absolute Gasteiger partial charge is 0.250 e. The maximum atomic E-state index is 13.6. The highest BCUT2D eigenvalue weighted by Crippen LogP contribution is 2.35. The second-order valence-electron chi connectivity index (χ2n) is 7.40. The van der Waals surface area contributed by atoms with Crippen LogP contribution < -0.4 is 20.9 Å². The molecule has 0 fully saturated rings. The lowest BCUT2D eigenvalue weighted by molar-refractivity contribution is 0.0996. The monoisotopic (exact) mass is 429 g/mol. The van der Waals surface area contributed by atoms with Gasteiger partial charge in [0.1, 0.15) is 11.5 Å². The molecule has 7 nitrogen and oxygen atoms in total. The number of methoxy groups -OCH3 is 2. The fourth-order valence-corrected chi connectivity index (χ4v) is 3.92. The van der Waals surface area contributed by atoms with E-state index in [0.29, 0.717) is 28.3 Å². The number of pyridine rings is 1. The first-order valence-electron chi connectivity index (χ1n) is 9.92. The number of nitrogens with two attached hydrogens (primary N) is 2. The summed E-state index contributed by atoms with van der Waals surface area (Å²) in [5, 5.41) is 0. The number of carbonyl (C=O) groups is 2. The number of nitrogen functional groups attached to an aromatic ring is 1. The molecule has 0 aliphatic carbocycles. The third-order valence-electron chi connectivity index (χ3n) is 5.55. The zero-order valence-electron chi connectivity index (χ0n) is 18.0. The van der Waals surface area contributed by atoms with E-state index in [1.165, 1.54) is 7.11 Å². The van der Waals surface area contributed by atoms with Crippen molar-refractivity contribution in [3.05, 3.63) is 83.2 Å². The molecule has 2 aromatic carbocycles. The highest BCUT2D eigenvalue weighted by Gasteiger charge is 2.24. The van der Waals surface area contributed by atoms with E-state index in [1.54, 1.807) is 48.0 Å². The Bertz CT molecular complexity index is 1350. The van der Waals surface area contributed by atoms with Gasteiger partial charge in [-0.2, -0.15) is 0 Å². The molecule has 0 aliphatic heterocycles. The van der Waals surface area contributed by atoms with Crippen LogP contribution in [0.1, 0.15) is 32.0 Å². The molecule has 0 spiro atoms. The van der Waals surface area contributed by atoms with Gasteiger partial charge in [-0.15, -0.1) is 0 Å². The number of fused-ring (bicyclic) bond motifs is 1. The Kier molecular flexibility index (Phi) is 5.32. The van der Waals surface area contributed by atoms with Crippen LogP contribution in [0.2, 0.25) is 0 Å². The van der Waals surface area contributed by atoms with Crippen molar-refractivity contribution < 1.29 is 19.1 Å². The third kappa shape index (κ3) is 3.43. The van der Waals surface area contributed by atoms with Crippen LogP contribution in [0, 0.1) is 6.92 Å². The van der Waals surface area contributed by atoms with Crippen molar-refractivity contribution >= 4 is 22.9 Å². The van der Waals surface area contributed by atoms with Crippen molar-refractivity contribution in [2.75, 3.05) is 20.0 Å². The fraction of sp³-hybridized carbons (Fsp3) is 0.120. The molecular formula is C25H23N3O4. The van der Waals surface area contributed by atoms with Crippen LogP contribution in [0.4, 0.5) is 5.69 Å². The van der Waals surface area contributed by atoms with Crippen molar-refractivity contribution in [2.45, 2.75) is 6.92 Å². The Morgan fingerprint density at radius 2 is 1.59 bits per heavy atom. The first kappa shape index (κ1) is 21.0. The predicted molar refractivity (Wildman–Crippen MR) is 123 cm³/mol. The summed E-state index contributed by atoms with van der Waals surface area (Å²) in [6.07, 6.45) is 1.60. The Hall–Kier alpha value is -4.26. The molecule has 162 valence electrons. The Labute approximate surface area is 185 Å². The number of anilines is 1. The summed E-state index contributed by atoms with van der Waals surface area (Å²) in [7, 11) is 3.11. The Balaban J connectivity index is 1.98. The third-order valence-corrected chi connectivity index (χ3v) is 5.55. The van der Waals surface area contributed by atoms with E-state index in [-0.39, 0.29) is 5.78 Å².